The Kier molecular flexibility index (Phi) is 4.85. The lowest BCUT2D eigenvalue weighted by molar-refractivity contribution is -0.0859. The normalized spacial score (nSPS) is 23.4. The third-order valence-corrected chi connectivity index (χ3v) is 3.95. The first-order valence-electron chi connectivity index (χ1n) is 6.34. The number of hydrogen-bond acceptors (Lipinski definition) is 4. The van der Waals surface area contributed by atoms with E-state index in [4.69, 9.17) is 4.74 Å². The maximum Gasteiger partial charge on any atom is 0.255 e. The first-order chi connectivity index (χ1) is 9.15. The van der Waals surface area contributed by atoms with Gasteiger partial charge in [0, 0.05) is 18.0 Å². The molecular formula is C14H19NO3S. The number of aliphatic hydroxyl groups is 1. The van der Waals surface area contributed by atoms with Gasteiger partial charge >= 0.3 is 0 Å². The van der Waals surface area contributed by atoms with E-state index < -0.39 is 0 Å². The van der Waals surface area contributed by atoms with Gasteiger partial charge in [0.2, 0.25) is 0 Å². The van der Waals surface area contributed by atoms with Crippen LogP contribution in [0, 0.1) is 0 Å². The van der Waals surface area contributed by atoms with Gasteiger partial charge < -0.3 is 14.7 Å². The van der Waals surface area contributed by atoms with Crippen LogP contribution in [-0.4, -0.2) is 54.1 Å². The number of amides is 1. The number of ether oxygens (including phenoxy) is 1. The molecule has 19 heavy (non-hydrogen) atoms. The predicted octanol–water partition coefficient (Wildman–Crippen LogP) is 1.63. The summed E-state index contributed by atoms with van der Waals surface area (Å²) in [6.07, 6.45) is 1.63. The highest BCUT2D eigenvalue weighted by Gasteiger charge is 2.29. The molecule has 2 unspecified atom stereocenters. The fourth-order valence-corrected chi connectivity index (χ4v) is 2.89. The van der Waals surface area contributed by atoms with Gasteiger partial charge in [-0.1, -0.05) is 12.1 Å². The number of rotatable bonds is 3. The Morgan fingerprint density at radius 2 is 2.21 bits per heavy atom. The lowest BCUT2D eigenvalue weighted by atomic mass is 10.1. The SMILES string of the molecule is CSc1ccccc1C(=O)N1CC(C)OC(CO)C1. The molecule has 0 spiro atoms. The average Bonchev–Trinajstić information content (AvgIpc) is 2.45. The van der Waals surface area contributed by atoms with Crippen LogP contribution in [0.15, 0.2) is 29.2 Å². The molecule has 1 heterocycles. The van der Waals surface area contributed by atoms with Crippen molar-refractivity contribution in [2.75, 3.05) is 26.0 Å². The molecule has 1 aromatic rings. The van der Waals surface area contributed by atoms with Crippen molar-refractivity contribution in [2.24, 2.45) is 0 Å². The van der Waals surface area contributed by atoms with Crippen LogP contribution in [0.2, 0.25) is 0 Å². The summed E-state index contributed by atoms with van der Waals surface area (Å²) in [6, 6.07) is 7.61. The Hall–Kier alpha value is -1.04. The van der Waals surface area contributed by atoms with Crippen molar-refractivity contribution in [1.29, 1.82) is 0 Å². The number of morpholine rings is 1. The lowest BCUT2D eigenvalue weighted by Crippen LogP contribution is -2.50. The predicted molar refractivity (Wildman–Crippen MR) is 75.5 cm³/mol. The van der Waals surface area contributed by atoms with Crippen molar-refractivity contribution in [3.63, 3.8) is 0 Å². The van der Waals surface area contributed by atoms with E-state index in [0.29, 0.717) is 13.1 Å². The third-order valence-electron chi connectivity index (χ3n) is 3.15. The van der Waals surface area contributed by atoms with Crippen LogP contribution in [0.25, 0.3) is 0 Å². The molecule has 0 bridgehead atoms. The number of benzene rings is 1. The minimum Gasteiger partial charge on any atom is -0.394 e. The van der Waals surface area contributed by atoms with Gasteiger partial charge in [-0.05, 0) is 25.3 Å². The van der Waals surface area contributed by atoms with Crippen molar-refractivity contribution < 1.29 is 14.6 Å². The summed E-state index contributed by atoms with van der Waals surface area (Å²) in [5.74, 6) is 0.0125. The van der Waals surface area contributed by atoms with Crippen molar-refractivity contribution in [2.45, 2.75) is 24.0 Å². The van der Waals surface area contributed by atoms with Gasteiger partial charge in [-0.3, -0.25) is 4.79 Å². The van der Waals surface area contributed by atoms with Gasteiger partial charge in [-0.25, -0.2) is 0 Å². The van der Waals surface area contributed by atoms with E-state index in [1.54, 1.807) is 16.7 Å². The van der Waals surface area contributed by atoms with E-state index in [2.05, 4.69) is 0 Å². The second-order valence-corrected chi connectivity index (χ2v) is 5.51. The van der Waals surface area contributed by atoms with E-state index in [1.165, 1.54) is 0 Å². The topological polar surface area (TPSA) is 49.8 Å². The number of carbonyl (C=O) groups excluding carboxylic acids is 1. The zero-order valence-corrected chi connectivity index (χ0v) is 12.0. The van der Waals surface area contributed by atoms with E-state index >= 15 is 0 Å². The van der Waals surface area contributed by atoms with Crippen molar-refractivity contribution in [3.05, 3.63) is 29.8 Å². The summed E-state index contributed by atoms with van der Waals surface area (Å²) in [7, 11) is 0. The molecular weight excluding hydrogens is 262 g/mol. The molecule has 1 amide bonds. The first-order valence-corrected chi connectivity index (χ1v) is 7.56. The Labute approximate surface area is 117 Å². The van der Waals surface area contributed by atoms with Crippen LogP contribution in [0.3, 0.4) is 0 Å². The largest absolute Gasteiger partial charge is 0.394 e. The summed E-state index contributed by atoms with van der Waals surface area (Å²) < 4.78 is 5.56. The molecule has 104 valence electrons. The quantitative estimate of drug-likeness (QED) is 0.856. The highest BCUT2D eigenvalue weighted by molar-refractivity contribution is 7.98. The number of thioether (sulfide) groups is 1. The maximum absolute atomic E-state index is 12.6. The molecule has 1 saturated heterocycles. The Balaban J connectivity index is 2.18. The molecule has 1 fully saturated rings. The Bertz CT molecular complexity index is 452. The van der Waals surface area contributed by atoms with Crippen LogP contribution in [0.5, 0.6) is 0 Å². The fourth-order valence-electron chi connectivity index (χ4n) is 2.30. The molecule has 1 aliphatic heterocycles. The molecule has 0 aromatic heterocycles. The molecule has 0 radical (unpaired) electrons. The number of nitrogens with zero attached hydrogens (tertiary/aromatic N) is 1. The van der Waals surface area contributed by atoms with Gasteiger partial charge in [0.25, 0.3) is 5.91 Å². The van der Waals surface area contributed by atoms with E-state index in [1.807, 2.05) is 37.4 Å². The fraction of sp³-hybridized carbons (Fsp3) is 0.500. The highest BCUT2D eigenvalue weighted by Crippen LogP contribution is 2.23. The molecule has 1 N–H and O–H groups in total. The molecule has 1 aromatic carbocycles. The highest BCUT2D eigenvalue weighted by atomic mass is 32.2. The molecule has 0 saturated carbocycles. The lowest BCUT2D eigenvalue weighted by Gasteiger charge is -2.36. The minimum atomic E-state index is -0.283. The smallest absolute Gasteiger partial charge is 0.255 e. The van der Waals surface area contributed by atoms with Crippen LogP contribution < -0.4 is 0 Å². The summed E-state index contributed by atoms with van der Waals surface area (Å²) in [5.41, 5.74) is 0.723. The Morgan fingerprint density at radius 1 is 1.47 bits per heavy atom. The minimum absolute atomic E-state index is 0.0125. The van der Waals surface area contributed by atoms with Crippen LogP contribution in [0.4, 0.5) is 0 Å². The van der Waals surface area contributed by atoms with Gasteiger partial charge in [0.1, 0.15) is 0 Å². The molecule has 2 atom stereocenters. The zero-order valence-electron chi connectivity index (χ0n) is 11.2. The number of hydrogen-bond donors (Lipinski definition) is 1. The van der Waals surface area contributed by atoms with E-state index in [-0.39, 0.29) is 24.7 Å². The van der Waals surface area contributed by atoms with Gasteiger partial charge in [-0.2, -0.15) is 0 Å². The summed E-state index contributed by atoms with van der Waals surface area (Å²) in [6.45, 7) is 2.88. The van der Waals surface area contributed by atoms with Crippen LogP contribution >= 0.6 is 11.8 Å². The zero-order chi connectivity index (χ0) is 13.8. The van der Waals surface area contributed by atoms with Crippen LogP contribution in [0.1, 0.15) is 17.3 Å². The monoisotopic (exact) mass is 281 g/mol. The van der Waals surface area contributed by atoms with E-state index in [9.17, 15) is 9.90 Å². The standard InChI is InChI=1S/C14H19NO3S/c1-10-7-15(8-11(9-16)18-10)14(17)12-5-3-4-6-13(12)19-2/h3-6,10-11,16H,7-9H2,1-2H3. The third kappa shape index (κ3) is 3.29. The summed E-state index contributed by atoms with van der Waals surface area (Å²) in [5, 5.41) is 9.21. The average molecular weight is 281 g/mol. The summed E-state index contributed by atoms with van der Waals surface area (Å²) >= 11 is 1.57. The molecule has 1 aliphatic rings. The molecule has 4 nitrogen and oxygen atoms in total. The second kappa shape index (κ2) is 6.41. The maximum atomic E-state index is 12.6. The first kappa shape index (κ1) is 14.4. The van der Waals surface area contributed by atoms with Crippen molar-refractivity contribution in [1.82, 2.24) is 4.90 Å². The number of carbonyl (C=O) groups is 1. The molecule has 0 aliphatic carbocycles. The van der Waals surface area contributed by atoms with Crippen LogP contribution in [-0.2, 0) is 4.74 Å². The van der Waals surface area contributed by atoms with Gasteiger partial charge in [0.05, 0.1) is 24.4 Å². The Morgan fingerprint density at radius 3 is 2.89 bits per heavy atom. The van der Waals surface area contributed by atoms with Crippen molar-refractivity contribution >= 4 is 17.7 Å². The molecule has 2 rings (SSSR count). The van der Waals surface area contributed by atoms with Gasteiger partial charge in [0.15, 0.2) is 0 Å². The van der Waals surface area contributed by atoms with Gasteiger partial charge in [-0.15, -0.1) is 11.8 Å². The summed E-state index contributed by atoms with van der Waals surface area (Å²) in [4.78, 5) is 15.3. The number of aliphatic hydroxyl groups excluding tert-OH is 1. The van der Waals surface area contributed by atoms with E-state index in [0.717, 1.165) is 10.5 Å². The molecule has 5 heteroatoms. The van der Waals surface area contributed by atoms with Crippen molar-refractivity contribution in [3.8, 4) is 0 Å². The second-order valence-electron chi connectivity index (χ2n) is 4.66.